The molecule has 0 unspecified atom stereocenters. The fourth-order valence-corrected chi connectivity index (χ4v) is 2.98. The molecule has 2 aromatic carbocycles. The fourth-order valence-electron chi connectivity index (χ4n) is 2.98. The van der Waals surface area contributed by atoms with Gasteiger partial charge in [-0.1, -0.05) is 61.5 Å². The quantitative estimate of drug-likeness (QED) is 0.773. The summed E-state index contributed by atoms with van der Waals surface area (Å²) in [5.41, 5.74) is 3.51. The third-order valence-corrected chi connectivity index (χ3v) is 4.40. The second-order valence-electron chi connectivity index (χ2n) is 6.10. The predicted molar refractivity (Wildman–Crippen MR) is 99.9 cm³/mol. The summed E-state index contributed by atoms with van der Waals surface area (Å²) in [6.45, 7) is 4.35. The monoisotopic (exact) mass is 334 g/mol. The van der Waals surface area contributed by atoms with Gasteiger partial charge in [0.25, 0.3) is 5.56 Å². The summed E-state index contributed by atoms with van der Waals surface area (Å²) in [5.74, 6) is -0.00207. The Hall–Kier alpha value is -2.88. The summed E-state index contributed by atoms with van der Waals surface area (Å²) >= 11 is 0. The number of aromatic hydroxyl groups is 1. The van der Waals surface area contributed by atoms with Crippen molar-refractivity contribution in [3.8, 4) is 16.9 Å². The van der Waals surface area contributed by atoms with E-state index >= 15 is 0 Å². The lowest BCUT2D eigenvalue weighted by atomic mass is 10.00. The van der Waals surface area contributed by atoms with Gasteiger partial charge in [-0.25, -0.2) is 4.68 Å². The van der Waals surface area contributed by atoms with Crippen molar-refractivity contribution < 1.29 is 5.11 Å². The number of hydrogen-bond donors (Lipinski definition) is 1. The third-order valence-electron chi connectivity index (χ3n) is 4.40. The predicted octanol–water partition coefficient (Wildman–Crippen LogP) is 3.73. The molecule has 0 spiro atoms. The lowest BCUT2D eigenvalue weighted by Crippen LogP contribution is -2.27. The fraction of sp³-hybridized carbons (Fsp3) is 0.238. The van der Waals surface area contributed by atoms with Crippen LogP contribution in [0, 0.1) is 6.92 Å². The average molecular weight is 334 g/mol. The zero-order valence-corrected chi connectivity index (χ0v) is 14.6. The van der Waals surface area contributed by atoms with Crippen molar-refractivity contribution >= 4 is 0 Å². The number of benzene rings is 2. The Balaban J connectivity index is 2.07. The minimum atomic E-state index is -0.250. The Labute approximate surface area is 147 Å². The van der Waals surface area contributed by atoms with Gasteiger partial charge in [0.1, 0.15) is 5.69 Å². The summed E-state index contributed by atoms with van der Waals surface area (Å²) in [6, 6.07) is 17.6. The summed E-state index contributed by atoms with van der Waals surface area (Å²) in [4.78, 5) is 13.0. The normalized spacial score (nSPS) is 10.8. The molecule has 25 heavy (non-hydrogen) atoms. The number of aryl methyl sites for hydroxylation is 4. The molecule has 0 bridgehead atoms. The van der Waals surface area contributed by atoms with Gasteiger partial charge in [-0.05, 0) is 36.5 Å². The Bertz CT molecular complexity index is 930. The largest absolute Gasteiger partial charge is 0.505 e. The summed E-state index contributed by atoms with van der Waals surface area (Å²) in [6.07, 6.45) is 1.28. The van der Waals surface area contributed by atoms with Gasteiger partial charge in [-0.3, -0.25) is 4.79 Å². The molecular weight excluding hydrogens is 312 g/mol. The van der Waals surface area contributed by atoms with E-state index < -0.39 is 0 Å². The van der Waals surface area contributed by atoms with Crippen molar-refractivity contribution in [1.29, 1.82) is 0 Å². The molecule has 3 rings (SSSR count). The highest BCUT2D eigenvalue weighted by Gasteiger charge is 2.18. The van der Waals surface area contributed by atoms with Gasteiger partial charge in [0.15, 0.2) is 5.75 Å². The Morgan fingerprint density at radius 1 is 1.04 bits per heavy atom. The van der Waals surface area contributed by atoms with E-state index in [0.717, 1.165) is 23.1 Å². The van der Waals surface area contributed by atoms with Gasteiger partial charge in [0, 0.05) is 6.54 Å². The van der Waals surface area contributed by atoms with Crippen LogP contribution < -0.4 is 5.56 Å². The van der Waals surface area contributed by atoms with Crippen LogP contribution in [0.4, 0.5) is 0 Å². The smallest absolute Gasteiger partial charge is 0.278 e. The first kappa shape index (κ1) is 17.0. The summed E-state index contributed by atoms with van der Waals surface area (Å²) in [5, 5.41) is 15.0. The van der Waals surface area contributed by atoms with Gasteiger partial charge in [-0.15, -0.1) is 0 Å². The topological polar surface area (TPSA) is 55.1 Å². The molecular formula is C21H22N2O2. The van der Waals surface area contributed by atoms with E-state index in [1.165, 1.54) is 4.68 Å². The van der Waals surface area contributed by atoms with Crippen LogP contribution >= 0.6 is 0 Å². The molecule has 0 atom stereocenters. The Morgan fingerprint density at radius 3 is 2.40 bits per heavy atom. The van der Waals surface area contributed by atoms with Crippen LogP contribution in [0.2, 0.25) is 0 Å². The van der Waals surface area contributed by atoms with Crippen LogP contribution in [0.15, 0.2) is 59.4 Å². The molecule has 0 radical (unpaired) electrons. The average Bonchev–Trinajstić information content (AvgIpc) is 2.63. The maximum atomic E-state index is 13.0. The van der Waals surface area contributed by atoms with Crippen molar-refractivity contribution in [3.63, 3.8) is 0 Å². The standard InChI is InChI=1S/C21H22N2O2/c1-3-18-20(24)19(17-12-8-7-9-15(17)2)21(25)23(22-18)14-13-16-10-5-4-6-11-16/h4-12,24H,3,13-14H2,1-2H3. The lowest BCUT2D eigenvalue weighted by Gasteiger charge is -2.14. The van der Waals surface area contributed by atoms with Crippen LogP contribution in [-0.4, -0.2) is 14.9 Å². The number of aromatic nitrogens is 2. The molecule has 3 aromatic rings. The summed E-state index contributed by atoms with van der Waals surface area (Å²) in [7, 11) is 0. The molecule has 0 saturated carbocycles. The van der Waals surface area contributed by atoms with Crippen LogP contribution in [0.5, 0.6) is 5.75 Å². The molecule has 1 N–H and O–H groups in total. The van der Waals surface area contributed by atoms with Gasteiger partial charge in [0.2, 0.25) is 0 Å². The zero-order valence-electron chi connectivity index (χ0n) is 14.6. The second kappa shape index (κ2) is 7.34. The highest BCUT2D eigenvalue weighted by Crippen LogP contribution is 2.30. The highest BCUT2D eigenvalue weighted by atomic mass is 16.3. The maximum absolute atomic E-state index is 13.0. The molecule has 0 amide bonds. The van der Waals surface area contributed by atoms with E-state index in [0.29, 0.717) is 24.2 Å². The van der Waals surface area contributed by atoms with Gasteiger partial charge in [-0.2, -0.15) is 5.10 Å². The molecule has 1 heterocycles. The zero-order chi connectivity index (χ0) is 17.8. The van der Waals surface area contributed by atoms with Gasteiger partial charge in [0.05, 0.1) is 5.56 Å². The molecule has 0 saturated heterocycles. The SMILES string of the molecule is CCc1nn(CCc2ccccc2)c(=O)c(-c2ccccc2C)c1O. The van der Waals surface area contributed by atoms with E-state index in [1.54, 1.807) is 0 Å². The highest BCUT2D eigenvalue weighted by molar-refractivity contribution is 5.72. The van der Waals surface area contributed by atoms with Crippen molar-refractivity contribution in [2.75, 3.05) is 0 Å². The Kier molecular flexibility index (Phi) is 4.98. The van der Waals surface area contributed by atoms with E-state index in [4.69, 9.17) is 0 Å². The van der Waals surface area contributed by atoms with Crippen LogP contribution in [0.3, 0.4) is 0 Å². The molecule has 128 valence electrons. The van der Waals surface area contributed by atoms with E-state index in [1.807, 2.05) is 68.4 Å². The first-order valence-corrected chi connectivity index (χ1v) is 8.54. The minimum Gasteiger partial charge on any atom is -0.505 e. The van der Waals surface area contributed by atoms with E-state index in [-0.39, 0.29) is 11.3 Å². The van der Waals surface area contributed by atoms with Crippen molar-refractivity contribution in [2.45, 2.75) is 33.2 Å². The van der Waals surface area contributed by atoms with Crippen LogP contribution in [0.1, 0.15) is 23.7 Å². The Morgan fingerprint density at radius 2 is 1.72 bits per heavy atom. The van der Waals surface area contributed by atoms with Gasteiger partial charge < -0.3 is 5.11 Å². The molecule has 0 aliphatic carbocycles. The van der Waals surface area contributed by atoms with Crippen molar-refractivity contribution in [3.05, 3.63) is 81.8 Å². The molecule has 4 heteroatoms. The molecule has 0 aliphatic heterocycles. The second-order valence-corrected chi connectivity index (χ2v) is 6.10. The maximum Gasteiger partial charge on any atom is 0.278 e. The number of nitrogens with zero attached hydrogens (tertiary/aromatic N) is 2. The first-order valence-electron chi connectivity index (χ1n) is 8.54. The van der Waals surface area contributed by atoms with Crippen molar-refractivity contribution in [1.82, 2.24) is 9.78 Å². The van der Waals surface area contributed by atoms with Crippen molar-refractivity contribution in [2.24, 2.45) is 0 Å². The van der Waals surface area contributed by atoms with Crippen LogP contribution in [-0.2, 0) is 19.4 Å². The number of hydrogen-bond acceptors (Lipinski definition) is 3. The molecule has 1 aromatic heterocycles. The van der Waals surface area contributed by atoms with Gasteiger partial charge >= 0.3 is 0 Å². The molecule has 4 nitrogen and oxygen atoms in total. The molecule has 0 aliphatic rings. The van der Waals surface area contributed by atoms with Crippen LogP contribution in [0.25, 0.3) is 11.1 Å². The number of rotatable bonds is 5. The third kappa shape index (κ3) is 3.48. The lowest BCUT2D eigenvalue weighted by molar-refractivity contribution is 0.450. The van der Waals surface area contributed by atoms with E-state index in [2.05, 4.69) is 5.10 Å². The first-order chi connectivity index (χ1) is 12.1. The molecule has 0 fully saturated rings. The minimum absolute atomic E-state index is 0.00207. The summed E-state index contributed by atoms with van der Waals surface area (Å²) < 4.78 is 1.48. The van der Waals surface area contributed by atoms with E-state index in [9.17, 15) is 9.90 Å².